The van der Waals surface area contributed by atoms with Crippen molar-refractivity contribution in [2.24, 2.45) is 5.92 Å². The van der Waals surface area contributed by atoms with Crippen molar-refractivity contribution >= 4 is 40.7 Å². The van der Waals surface area contributed by atoms with Crippen LogP contribution in [0.1, 0.15) is 29.8 Å². The van der Waals surface area contributed by atoms with E-state index in [4.69, 9.17) is 23.2 Å². The smallest absolute Gasteiger partial charge is 0.253 e. The first-order valence-electron chi connectivity index (χ1n) is 7.50. The highest BCUT2D eigenvalue weighted by Gasteiger charge is 2.11. The molecular formula is C18H18Cl2N2O2. The summed E-state index contributed by atoms with van der Waals surface area (Å²) in [4.78, 5) is 23.9. The largest absolute Gasteiger partial charge is 0.348 e. The van der Waals surface area contributed by atoms with E-state index in [0.29, 0.717) is 27.8 Å². The Hall–Kier alpha value is -2.04. The molecule has 0 aliphatic heterocycles. The summed E-state index contributed by atoms with van der Waals surface area (Å²) in [5.74, 6) is -0.433. The van der Waals surface area contributed by atoms with Crippen LogP contribution in [0.25, 0.3) is 0 Å². The molecule has 0 radical (unpaired) electrons. The maximum absolute atomic E-state index is 12.2. The van der Waals surface area contributed by atoms with E-state index < -0.39 is 0 Å². The molecular weight excluding hydrogens is 347 g/mol. The summed E-state index contributed by atoms with van der Waals surface area (Å²) in [6.07, 6.45) is 0. The number of nitrogens with one attached hydrogen (secondary N) is 2. The van der Waals surface area contributed by atoms with Crippen molar-refractivity contribution < 1.29 is 9.59 Å². The predicted octanol–water partition coefficient (Wildman–Crippen LogP) is 4.52. The third-order valence-electron chi connectivity index (χ3n) is 3.35. The Morgan fingerprint density at radius 1 is 1.08 bits per heavy atom. The minimum absolute atomic E-state index is 0.0517. The standard InChI is InChI=1S/C18H18Cl2N2O2/c1-11(2)17(23)22-14-5-3-4-12(8-14)10-21-18(24)15-7-6-13(19)9-16(15)20/h3-9,11H,10H2,1-2H3,(H,21,24)(H,22,23). The second-order valence-corrected chi connectivity index (χ2v) is 6.49. The number of hydrogen-bond donors (Lipinski definition) is 2. The molecule has 126 valence electrons. The summed E-state index contributed by atoms with van der Waals surface area (Å²) < 4.78 is 0. The van der Waals surface area contributed by atoms with E-state index >= 15 is 0 Å². The van der Waals surface area contributed by atoms with Crippen molar-refractivity contribution in [2.75, 3.05) is 5.32 Å². The third kappa shape index (κ3) is 4.98. The molecule has 0 heterocycles. The monoisotopic (exact) mass is 364 g/mol. The molecule has 0 spiro atoms. The SMILES string of the molecule is CC(C)C(=O)Nc1cccc(CNC(=O)c2ccc(Cl)cc2Cl)c1. The molecule has 2 N–H and O–H groups in total. The summed E-state index contributed by atoms with van der Waals surface area (Å²) in [7, 11) is 0. The molecule has 0 fully saturated rings. The van der Waals surface area contributed by atoms with Crippen molar-refractivity contribution in [1.29, 1.82) is 0 Å². The highest BCUT2D eigenvalue weighted by atomic mass is 35.5. The third-order valence-corrected chi connectivity index (χ3v) is 3.90. The Balaban J connectivity index is 2.01. The van der Waals surface area contributed by atoms with Gasteiger partial charge >= 0.3 is 0 Å². The first-order chi connectivity index (χ1) is 11.4. The second kappa shape index (κ2) is 8.18. The Labute approximate surface area is 151 Å². The first-order valence-corrected chi connectivity index (χ1v) is 8.25. The highest BCUT2D eigenvalue weighted by Crippen LogP contribution is 2.21. The summed E-state index contributed by atoms with van der Waals surface area (Å²) in [5.41, 5.74) is 1.94. The molecule has 2 amide bonds. The van der Waals surface area contributed by atoms with Crippen LogP contribution < -0.4 is 10.6 Å². The molecule has 0 saturated heterocycles. The fourth-order valence-electron chi connectivity index (χ4n) is 2.00. The molecule has 2 aromatic rings. The molecule has 2 aromatic carbocycles. The van der Waals surface area contributed by atoms with Crippen LogP contribution in [0.4, 0.5) is 5.69 Å². The zero-order valence-corrected chi connectivity index (χ0v) is 14.9. The minimum Gasteiger partial charge on any atom is -0.348 e. The quantitative estimate of drug-likeness (QED) is 0.819. The van der Waals surface area contributed by atoms with E-state index in [2.05, 4.69) is 10.6 Å². The van der Waals surface area contributed by atoms with Crippen molar-refractivity contribution in [1.82, 2.24) is 5.32 Å². The zero-order valence-electron chi connectivity index (χ0n) is 13.4. The average Bonchev–Trinajstić information content (AvgIpc) is 2.53. The predicted molar refractivity (Wildman–Crippen MR) is 97.5 cm³/mol. The van der Waals surface area contributed by atoms with Gasteiger partial charge < -0.3 is 10.6 Å². The van der Waals surface area contributed by atoms with Crippen LogP contribution in [-0.4, -0.2) is 11.8 Å². The number of carbonyl (C=O) groups excluding carboxylic acids is 2. The van der Waals surface area contributed by atoms with Gasteiger partial charge in [-0.25, -0.2) is 0 Å². The molecule has 0 aliphatic carbocycles. The molecule has 24 heavy (non-hydrogen) atoms. The number of rotatable bonds is 5. The molecule has 0 aliphatic rings. The van der Waals surface area contributed by atoms with Gasteiger partial charge in [0.05, 0.1) is 10.6 Å². The van der Waals surface area contributed by atoms with Crippen LogP contribution >= 0.6 is 23.2 Å². The summed E-state index contributed by atoms with van der Waals surface area (Å²) in [6, 6.07) is 12.1. The number of anilines is 1. The van der Waals surface area contributed by atoms with Gasteiger partial charge in [-0.15, -0.1) is 0 Å². The van der Waals surface area contributed by atoms with E-state index in [-0.39, 0.29) is 17.7 Å². The molecule has 6 heteroatoms. The van der Waals surface area contributed by atoms with E-state index in [1.807, 2.05) is 38.1 Å². The van der Waals surface area contributed by atoms with Gasteiger partial charge in [0.1, 0.15) is 0 Å². The van der Waals surface area contributed by atoms with Crippen molar-refractivity contribution in [3.8, 4) is 0 Å². The van der Waals surface area contributed by atoms with Gasteiger partial charge in [0.15, 0.2) is 0 Å². The normalized spacial score (nSPS) is 10.5. The minimum atomic E-state index is -0.284. The van der Waals surface area contributed by atoms with Crippen LogP contribution in [0.5, 0.6) is 0 Å². The van der Waals surface area contributed by atoms with Crippen LogP contribution in [0.15, 0.2) is 42.5 Å². The van der Waals surface area contributed by atoms with Crippen molar-refractivity contribution in [3.05, 3.63) is 63.6 Å². The van der Waals surface area contributed by atoms with E-state index in [0.717, 1.165) is 5.56 Å². The lowest BCUT2D eigenvalue weighted by molar-refractivity contribution is -0.118. The first kappa shape index (κ1) is 18.3. The maximum atomic E-state index is 12.2. The fourth-order valence-corrected chi connectivity index (χ4v) is 2.49. The summed E-state index contributed by atoms with van der Waals surface area (Å²) in [5, 5.41) is 6.41. The van der Waals surface area contributed by atoms with Gasteiger partial charge in [-0.1, -0.05) is 49.2 Å². The maximum Gasteiger partial charge on any atom is 0.253 e. The van der Waals surface area contributed by atoms with E-state index in [1.54, 1.807) is 12.1 Å². The second-order valence-electron chi connectivity index (χ2n) is 5.65. The Kier molecular flexibility index (Phi) is 6.23. The van der Waals surface area contributed by atoms with Crippen LogP contribution in [0.2, 0.25) is 10.0 Å². The number of hydrogen-bond acceptors (Lipinski definition) is 2. The van der Waals surface area contributed by atoms with Gasteiger partial charge in [-0.2, -0.15) is 0 Å². The molecule has 0 atom stereocenters. The van der Waals surface area contributed by atoms with Gasteiger partial charge in [0.25, 0.3) is 5.91 Å². The average molecular weight is 365 g/mol. The molecule has 0 aromatic heterocycles. The summed E-state index contributed by atoms with van der Waals surface area (Å²) in [6.45, 7) is 3.98. The summed E-state index contributed by atoms with van der Waals surface area (Å²) >= 11 is 11.9. The molecule has 4 nitrogen and oxygen atoms in total. The number of carbonyl (C=O) groups is 2. The fraction of sp³-hybridized carbons (Fsp3) is 0.222. The highest BCUT2D eigenvalue weighted by molar-refractivity contribution is 6.36. The van der Waals surface area contributed by atoms with Gasteiger partial charge in [0, 0.05) is 23.2 Å². The molecule has 0 saturated carbocycles. The molecule has 0 unspecified atom stereocenters. The lowest BCUT2D eigenvalue weighted by Crippen LogP contribution is -2.23. The van der Waals surface area contributed by atoms with Crippen LogP contribution in [-0.2, 0) is 11.3 Å². The lowest BCUT2D eigenvalue weighted by Gasteiger charge is -2.10. The Bertz CT molecular complexity index is 760. The van der Waals surface area contributed by atoms with Crippen LogP contribution in [0.3, 0.4) is 0 Å². The van der Waals surface area contributed by atoms with Crippen molar-refractivity contribution in [3.63, 3.8) is 0 Å². The zero-order chi connectivity index (χ0) is 17.7. The number of benzene rings is 2. The molecule has 2 rings (SSSR count). The van der Waals surface area contributed by atoms with E-state index in [1.165, 1.54) is 6.07 Å². The number of amides is 2. The van der Waals surface area contributed by atoms with E-state index in [9.17, 15) is 9.59 Å². The lowest BCUT2D eigenvalue weighted by atomic mass is 10.1. The molecule has 0 bridgehead atoms. The van der Waals surface area contributed by atoms with Crippen molar-refractivity contribution in [2.45, 2.75) is 20.4 Å². The Morgan fingerprint density at radius 2 is 1.83 bits per heavy atom. The van der Waals surface area contributed by atoms with Gasteiger partial charge in [-0.3, -0.25) is 9.59 Å². The topological polar surface area (TPSA) is 58.2 Å². The van der Waals surface area contributed by atoms with Gasteiger partial charge in [-0.05, 0) is 35.9 Å². The Morgan fingerprint density at radius 3 is 2.50 bits per heavy atom. The number of halogens is 2. The van der Waals surface area contributed by atoms with Crippen LogP contribution in [0, 0.1) is 5.92 Å². The van der Waals surface area contributed by atoms with Gasteiger partial charge in [0.2, 0.25) is 5.91 Å².